The minimum atomic E-state index is -0.846. The second kappa shape index (κ2) is 12.4. The number of aromatic hydroxyl groups is 1. The number of anilines is 2. The first-order chi connectivity index (χ1) is 21.6. The summed E-state index contributed by atoms with van der Waals surface area (Å²) in [7, 11) is 1.66. The van der Waals surface area contributed by atoms with Crippen LogP contribution in [-0.2, 0) is 18.3 Å². The van der Waals surface area contributed by atoms with Crippen molar-refractivity contribution in [3.05, 3.63) is 86.9 Å². The Labute approximate surface area is 268 Å². The number of halogens is 2. The molecule has 45 heavy (non-hydrogen) atoms. The van der Waals surface area contributed by atoms with Gasteiger partial charge in [0.25, 0.3) is 11.5 Å². The highest BCUT2D eigenvalue weighted by Gasteiger charge is 2.23. The Hall–Kier alpha value is -4.58. The van der Waals surface area contributed by atoms with E-state index in [0.29, 0.717) is 59.3 Å². The lowest BCUT2D eigenvalue weighted by atomic mass is 10.0. The summed E-state index contributed by atoms with van der Waals surface area (Å²) in [6, 6.07) is 14.5. The topological polar surface area (TPSA) is 141 Å². The van der Waals surface area contributed by atoms with Crippen LogP contribution in [-0.4, -0.2) is 62.5 Å². The zero-order valence-electron chi connectivity index (χ0n) is 24.6. The van der Waals surface area contributed by atoms with Crippen molar-refractivity contribution >= 4 is 51.6 Å². The number of pyridine rings is 1. The highest BCUT2D eigenvalue weighted by Crippen LogP contribution is 2.36. The van der Waals surface area contributed by atoms with Crippen LogP contribution in [0.1, 0.15) is 17.3 Å². The number of hydrogen-bond donors (Lipinski definition) is 3. The molecule has 1 fully saturated rings. The Morgan fingerprint density at radius 1 is 1.16 bits per heavy atom. The third-order valence-electron chi connectivity index (χ3n) is 7.94. The van der Waals surface area contributed by atoms with E-state index in [2.05, 4.69) is 22.1 Å². The van der Waals surface area contributed by atoms with Crippen LogP contribution in [0.15, 0.2) is 65.7 Å². The number of rotatable bonds is 8. The minimum Gasteiger partial charge on any atom is -0.506 e. The van der Waals surface area contributed by atoms with Crippen molar-refractivity contribution in [3.8, 4) is 28.3 Å². The summed E-state index contributed by atoms with van der Waals surface area (Å²) in [5.41, 5.74) is 7.96. The molecule has 1 atom stereocenters. The van der Waals surface area contributed by atoms with E-state index in [9.17, 15) is 14.7 Å². The number of carbonyl (C=O) groups excluding carboxylic acids is 1. The maximum Gasteiger partial charge on any atom is 0.263 e. The van der Waals surface area contributed by atoms with Crippen molar-refractivity contribution in [3.63, 3.8) is 0 Å². The first-order valence-corrected chi connectivity index (χ1v) is 15.1. The van der Waals surface area contributed by atoms with Gasteiger partial charge in [-0.05, 0) is 24.6 Å². The Kier molecular flexibility index (Phi) is 8.41. The Bertz CT molecular complexity index is 1980. The van der Waals surface area contributed by atoms with Gasteiger partial charge in [0.05, 0.1) is 45.9 Å². The van der Waals surface area contributed by atoms with Crippen LogP contribution in [0.25, 0.3) is 33.5 Å². The quantitative estimate of drug-likeness (QED) is 0.216. The van der Waals surface area contributed by atoms with Crippen molar-refractivity contribution in [1.29, 1.82) is 0 Å². The van der Waals surface area contributed by atoms with E-state index in [1.54, 1.807) is 19.4 Å². The molecule has 232 valence electrons. The summed E-state index contributed by atoms with van der Waals surface area (Å²) < 4.78 is 8.93. The molecule has 6 rings (SSSR count). The van der Waals surface area contributed by atoms with E-state index in [4.69, 9.17) is 38.7 Å². The SMILES string of the molecule is C[C@H]1COCCN1c1cc(NCCn2cc(-c3cc(Cl)c(O)c(C(N)=O)c3)c3c(=O)n(C)c(-c4ccccc4)nc32)c(Cl)cn1. The molecule has 13 heteroatoms. The molecule has 11 nitrogen and oxygen atoms in total. The van der Waals surface area contributed by atoms with Crippen molar-refractivity contribution in [1.82, 2.24) is 19.1 Å². The van der Waals surface area contributed by atoms with Gasteiger partial charge in [0, 0.05) is 56.3 Å². The number of ether oxygens (including phenoxy) is 1. The van der Waals surface area contributed by atoms with Crippen LogP contribution in [0.3, 0.4) is 0 Å². The Balaban J connectivity index is 1.41. The number of nitrogens with two attached hydrogens (primary N) is 1. The fraction of sp³-hybridized carbons (Fsp3) is 0.250. The lowest BCUT2D eigenvalue weighted by molar-refractivity contribution is 0.0985. The van der Waals surface area contributed by atoms with Gasteiger partial charge in [0.1, 0.15) is 23.0 Å². The number of nitrogens with zero attached hydrogens (tertiary/aromatic N) is 5. The maximum absolute atomic E-state index is 13.9. The molecule has 1 aliphatic rings. The standard InChI is InChI=1S/C32H31Cl2N7O4/c1-18-17-45-11-10-41(18)26-14-25(24(34)15-37-26)36-8-9-40-16-22(20-12-21(29(35)43)28(42)23(33)13-20)27-31(40)38-30(39(2)32(27)44)19-6-4-3-5-7-19/h3-7,12-16,18,42H,8-11,17H2,1-2H3,(H2,35,43)(H,36,37)/t18-/m0/s1. The fourth-order valence-electron chi connectivity index (χ4n) is 5.59. The predicted octanol–water partition coefficient (Wildman–Crippen LogP) is 4.91. The zero-order chi connectivity index (χ0) is 31.8. The summed E-state index contributed by atoms with van der Waals surface area (Å²) in [5, 5.41) is 14.5. The van der Waals surface area contributed by atoms with Gasteiger partial charge in [0.15, 0.2) is 0 Å². The van der Waals surface area contributed by atoms with Crippen LogP contribution < -0.4 is 21.5 Å². The third-order valence-corrected chi connectivity index (χ3v) is 8.53. The van der Waals surface area contributed by atoms with Crippen molar-refractivity contribution in [2.45, 2.75) is 19.5 Å². The molecule has 3 aromatic heterocycles. The minimum absolute atomic E-state index is 0.0627. The second-order valence-corrected chi connectivity index (χ2v) is 11.7. The average Bonchev–Trinajstić information content (AvgIpc) is 3.40. The van der Waals surface area contributed by atoms with Crippen molar-refractivity contribution in [2.75, 3.05) is 36.5 Å². The Morgan fingerprint density at radius 2 is 1.93 bits per heavy atom. The Morgan fingerprint density at radius 3 is 2.67 bits per heavy atom. The van der Waals surface area contributed by atoms with E-state index < -0.39 is 11.7 Å². The molecule has 0 bridgehead atoms. The van der Waals surface area contributed by atoms with Crippen LogP contribution >= 0.6 is 23.2 Å². The molecular weight excluding hydrogens is 617 g/mol. The van der Waals surface area contributed by atoms with Gasteiger partial charge in [-0.2, -0.15) is 0 Å². The monoisotopic (exact) mass is 647 g/mol. The van der Waals surface area contributed by atoms with Gasteiger partial charge in [-0.25, -0.2) is 9.97 Å². The van der Waals surface area contributed by atoms with Gasteiger partial charge in [-0.15, -0.1) is 0 Å². The van der Waals surface area contributed by atoms with Crippen molar-refractivity contribution < 1.29 is 14.6 Å². The highest BCUT2D eigenvalue weighted by molar-refractivity contribution is 6.33. The number of nitrogens with one attached hydrogen (secondary N) is 1. The van der Waals surface area contributed by atoms with E-state index >= 15 is 0 Å². The summed E-state index contributed by atoms with van der Waals surface area (Å²) in [6.45, 7) is 4.92. The van der Waals surface area contributed by atoms with Gasteiger partial charge in [0.2, 0.25) is 0 Å². The number of fused-ring (bicyclic) bond motifs is 1. The second-order valence-electron chi connectivity index (χ2n) is 10.9. The molecular formula is C32H31Cl2N7O4. The molecule has 0 aliphatic carbocycles. The molecule has 1 aliphatic heterocycles. The number of amides is 1. The first kappa shape index (κ1) is 30.4. The summed E-state index contributed by atoms with van der Waals surface area (Å²) >= 11 is 12.8. The summed E-state index contributed by atoms with van der Waals surface area (Å²) in [4.78, 5) is 37.7. The normalized spacial score (nSPS) is 15.0. The fourth-order valence-corrected chi connectivity index (χ4v) is 5.98. The number of aromatic nitrogens is 4. The average molecular weight is 649 g/mol. The van der Waals surface area contributed by atoms with Crippen LogP contribution in [0.2, 0.25) is 10.0 Å². The molecule has 0 spiro atoms. The summed E-state index contributed by atoms with van der Waals surface area (Å²) in [5.74, 6) is 0.0356. The molecule has 2 aromatic carbocycles. The molecule has 4 N–H and O–H groups in total. The van der Waals surface area contributed by atoms with Crippen LogP contribution in [0, 0.1) is 0 Å². The number of carbonyl (C=O) groups is 1. The molecule has 0 saturated carbocycles. The lowest BCUT2D eigenvalue weighted by Crippen LogP contribution is -2.44. The van der Waals surface area contributed by atoms with E-state index in [1.807, 2.05) is 41.0 Å². The van der Waals surface area contributed by atoms with Gasteiger partial charge >= 0.3 is 0 Å². The molecule has 5 aromatic rings. The van der Waals surface area contributed by atoms with E-state index in [-0.39, 0.29) is 22.2 Å². The lowest BCUT2D eigenvalue weighted by Gasteiger charge is -2.34. The molecule has 0 radical (unpaired) electrons. The first-order valence-electron chi connectivity index (χ1n) is 14.4. The number of benzene rings is 2. The van der Waals surface area contributed by atoms with Crippen molar-refractivity contribution in [2.24, 2.45) is 12.8 Å². The van der Waals surface area contributed by atoms with Gasteiger partial charge in [-0.1, -0.05) is 53.5 Å². The number of hydrogen-bond acceptors (Lipinski definition) is 8. The molecule has 4 heterocycles. The smallest absolute Gasteiger partial charge is 0.263 e. The van der Waals surface area contributed by atoms with E-state index in [1.165, 1.54) is 16.7 Å². The van der Waals surface area contributed by atoms with Gasteiger partial charge < -0.3 is 30.4 Å². The third kappa shape index (κ3) is 5.82. The highest BCUT2D eigenvalue weighted by atomic mass is 35.5. The van der Waals surface area contributed by atoms with Crippen LogP contribution in [0.4, 0.5) is 11.5 Å². The molecule has 1 saturated heterocycles. The largest absolute Gasteiger partial charge is 0.506 e. The molecule has 0 unspecified atom stereocenters. The number of primary amides is 1. The number of phenols is 1. The van der Waals surface area contributed by atoms with Crippen LogP contribution in [0.5, 0.6) is 5.75 Å². The molecule has 1 amide bonds. The zero-order valence-corrected chi connectivity index (χ0v) is 26.1. The van der Waals surface area contributed by atoms with E-state index in [0.717, 1.165) is 23.6 Å². The summed E-state index contributed by atoms with van der Waals surface area (Å²) in [6.07, 6.45) is 3.42. The number of morpholine rings is 1. The van der Waals surface area contributed by atoms with Gasteiger partial charge in [-0.3, -0.25) is 14.2 Å². The maximum atomic E-state index is 13.9. The predicted molar refractivity (Wildman–Crippen MR) is 176 cm³/mol.